The topological polar surface area (TPSA) is 65.6 Å². The standard InChI is InChI=1S/C23H32N6OS/c1-18(19-9-5-4-6-10-19)24-23(31)27-22-25-20(28-11-7-2-3-8-12-28)17-21(26-22)29-13-15-30-16-14-29/h4-6,9-10,17-18H,2-3,7-8,11-16H2,1H3,(H2,24,25,26,27,31)/t18-/m0/s1. The lowest BCUT2D eigenvalue weighted by Crippen LogP contribution is -2.37. The molecule has 0 bridgehead atoms. The maximum atomic E-state index is 5.58. The molecule has 1 aromatic heterocycles. The number of morpholine rings is 1. The van der Waals surface area contributed by atoms with E-state index in [0.29, 0.717) is 11.1 Å². The summed E-state index contributed by atoms with van der Waals surface area (Å²) in [7, 11) is 0. The molecule has 0 radical (unpaired) electrons. The summed E-state index contributed by atoms with van der Waals surface area (Å²) in [4.78, 5) is 14.3. The fraction of sp³-hybridized carbons (Fsp3) is 0.522. The molecule has 2 aliphatic rings. The van der Waals surface area contributed by atoms with Gasteiger partial charge in [-0.25, -0.2) is 0 Å². The highest BCUT2D eigenvalue weighted by Gasteiger charge is 2.19. The van der Waals surface area contributed by atoms with Gasteiger partial charge in [0.25, 0.3) is 0 Å². The summed E-state index contributed by atoms with van der Waals surface area (Å²) in [5, 5.41) is 7.10. The Morgan fingerprint density at radius 1 is 0.935 bits per heavy atom. The number of hydrogen-bond acceptors (Lipinski definition) is 6. The summed E-state index contributed by atoms with van der Waals surface area (Å²) in [6.45, 7) is 7.28. The van der Waals surface area contributed by atoms with Gasteiger partial charge in [0.2, 0.25) is 5.95 Å². The number of hydrogen-bond donors (Lipinski definition) is 2. The first-order chi connectivity index (χ1) is 15.2. The quantitative estimate of drug-likeness (QED) is 0.682. The molecular weight excluding hydrogens is 408 g/mol. The first kappa shape index (κ1) is 21.8. The number of aromatic nitrogens is 2. The van der Waals surface area contributed by atoms with Gasteiger partial charge in [-0.05, 0) is 37.5 Å². The molecule has 0 aliphatic carbocycles. The van der Waals surface area contributed by atoms with E-state index in [1.54, 1.807) is 0 Å². The maximum absolute atomic E-state index is 5.58. The molecule has 8 heteroatoms. The largest absolute Gasteiger partial charge is 0.378 e. The molecule has 1 aromatic carbocycles. The second-order valence-corrected chi connectivity index (χ2v) is 8.55. The van der Waals surface area contributed by atoms with Crippen molar-refractivity contribution in [3.8, 4) is 0 Å². The molecule has 7 nitrogen and oxygen atoms in total. The molecule has 0 saturated carbocycles. The fourth-order valence-corrected chi connectivity index (χ4v) is 4.32. The van der Waals surface area contributed by atoms with Crippen molar-refractivity contribution in [1.29, 1.82) is 0 Å². The van der Waals surface area contributed by atoms with Gasteiger partial charge < -0.3 is 25.2 Å². The van der Waals surface area contributed by atoms with E-state index in [2.05, 4.69) is 45.6 Å². The number of nitrogens with zero attached hydrogens (tertiary/aromatic N) is 4. The van der Waals surface area contributed by atoms with Crippen LogP contribution in [0.25, 0.3) is 0 Å². The zero-order valence-corrected chi connectivity index (χ0v) is 19.0. The third-order valence-corrected chi connectivity index (χ3v) is 6.06. The summed E-state index contributed by atoms with van der Waals surface area (Å²) in [5.74, 6) is 2.44. The van der Waals surface area contributed by atoms with Crippen LogP contribution >= 0.6 is 12.2 Å². The zero-order valence-electron chi connectivity index (χ0n) is 18.2. The Labute approximate surface area is 190 Å². The summed E-state index contributed by atoms with van der Waals surface area (Å²) < 4.78 is 5.52. The molecule has 2 aliphatic heterocycles. The lowest BCUT2D eigenvalue weighted by Gasteiger charge is -2.30. The van der Waals surface area contributed by atoms with Crippen LogP contribution in [0.5, 0.6) is 0 Å². The summed E-state index contributed by atoms with van der Waals surface area (Å²) in [5.41, 5.74) is 1.18. The fourth-order valence-electron chi connectivity index (χ4n) is 4.05. The van der Waals surface area contributed by atoms with Crippen molar-refractivity contribution < 1.29 is 4.74 Å². The molecule has 166 valence electrons. The van der Waals surface area contributed by atoms with E-state index in [9.17, 15) is 0 Å². The van der Waals surface area contributed by atoms with Crippen molar-refractivity contribution in [2.24, 2.45) is 0 Å². The minimum absolute atomic E-state index is 0.0914. The average Bonchev–Trinajstić information content (AvgIpc) is 3.10. The third-order valence-electron chi connectivity index (χ3n) is 5.84. The van der Waals surface area contributed by atoms with Crippen molar-refractivity contribution in [2.75, 3.05) is 54.5 Å². The van der Waals surface area contributed by atoms with Crippen molar-refractivity contribution in [3.63, 3.8) is 0 Å². The number of benzene rings is 1. The number of anilines is 3. The molecule has 2 aromatic rings. The van der Waals surface area contributed by atoms with E-state index in [0.717, 1.165) is 51.0 Å². The van der Waals surface area contributed by atoms with Gasteiger partial charge in [-0.2, -0.15) is 9.97 Å². The van der Waals surface area contributed by atoms with Crippen molar-refractivity contribution in [2.45, 2.75) is 38.6 Å². The van der Waals surface area contributed by atoms with E-state index >= 15 is 0 Å². The Kier molecular flexibility index (Phi) is 7.53. The summed E-state index contributed by atoms with van der Waals surface area (Å²) in [6, 6.07) is 12.5. The first-order valence-electron chi connectivity index (χ1n) is 11.3. The van der Waals surface area contributed by atoms with Gasteiger partial charge in [0.1, 0.15) is 11.6 Å². The Morgan fingerprint density at radius 3 is 2.19 bits per heavy atom. The van der Waals surface area contributed by atoms with Crippen LogP contribution in [-0.4, -0.2) is 54.5 Å². The first-order valence-corrected chi connectivity index (χ1v) is 11.7. The van der Waals surface area contributed by atoms with Crippen molar-refractivity contribution in [1.82, 2.24) is 15.3 Å². The minimum Gasteiger partial charge on any atom is -0.378 e. The van der Waals surface area contributed by atoms with Gasteiger partial charge in [0.05, 0.1) is 19.3 Å². The van der Waals surface area contributed by atoms with Crippen LogP contribution in [0, 0.1) is 0 Å². The average molecular weight is 441 g/mol. The molecule has 1 atom stereocenters. The van der Waals surface area contributed by atoms with Crippen LogP contribution in [0.15, 0.2) is 36.4 Å². The van der Waals surface area contributed by atoms with Crippen LogP contribution in [0.3, 0.4) is 0 Å². The molecular formula is C23H32N6OS. The number of rotatable bonds is 5. The normalized spacial score (nSPS) is 18.2. The van der Waals surface area contributed by atoms with E-state index in [1.165, 1.54) is 31.2 Å². The molecule has 3 heterocycles. The lowest BCUT2D eigenvalue weighted by atomic mass is 10.1. The van der Waals surface area contributed by atoms with Crippen LogP contribution in [0.2, 0.25) is 0 Å². The second kappa shape index (κ2) is 10.7. The SMILES string of the molecule is C[C@H](NC(=S)Nc1nc(N2CCCCCC2)cc(N2CCOCC2)n1)c1ccccc1. The Balaban J connectivity index is 1.52. The Bertz CT molecular complexity index is 850. The van der Waals surface area contributed by atoms with Crippen LogP contribution in [0.4, 0.5) is 17.6 Å². The van der Waals surface area contributed by atoms with Crippen LogP contribution < -0.4 is 20.4 Å². The summed E-state index contributed by atoms with van der Waals surface area (Å²) >= 11 is 5.58. The number of nitrogens with one attached hydrogen (secondary N) is 2. The molecule has 2 saturated heterocycles. The van der Waals surface area contributed by atoms with Crippen molar-refractivity contribution in [3.05, 3.63) is 42.0 Å². The lowest BCUT2D eigenvalue weighted by molar-refractivity contribution is 0.122. The highest BCUT2D eigenvalue weighted by molar-refractivity contribution is 7.80. The molecule has 4 rings (SSSR count). The van der Waals surface area contributed by atoms with E-state index < -0.39 is 0 Å². The van der Waals surface area contributed by atoms with Crippen molar-refractivity contribution >= 4 is 34.9 Å². The maximum Gasteiger partial charge on any atom is 0.232 e. The molecule has 2 N–H and O–H groups in total. The van der Waals surface area contributed by atoms with Gasteiger partial charge >= 0.3 is 0 Å². The highest BCUT2D eigenvalue weighted by Crippen LogP contribution is 2.24. The van der Waals surface area contributed by atoms with E-state index in [1.807, 2.05) is 18.2 Å². The molecule has 0 unspecified atom stereocenters. The van der Waals surface area contributed by atoms with E-state index in [4.69, 9.17) is 26.9 Å². The smallest absolute Gasteiger partial charge is 0.232 e. The van der Waals surface area contributed by atoms with Gasteiger partial charge in [0, 0.05) is 32.2 Å². The Hall–Kier alpha value is -2.45. The molecule has 31 heavy (non-hydrogen) atoms. The zero-order chi connectivity index (χ0) is 21.5. The number of ether oxygens (including phenoxy) is 1. The predicted octanol–water partition coefficient (Wildman–Crippen LogP) is 3.74. The summed E-state index contributed by atoms with van der Waals surface area (Å²) in [6.07, 6.45) is 4.98. The van der Waals surface area contributed by atoms with Crippen LogP contribution in [-0.2, 0) is 4.74 Å². The van der Waals surface area contributed by atoms with Crippen LogP contribution in [0.1, 0.15) is 44.2 Å². The molecule has 0 spiro atoms. The third kappa shape index (κ3) is 6.04. The number of thiocarbonyl (C=S) groups is 1. The molecule has 2 fully saturated rings. The monoisotopic (exact) mass is 440 g/mol. The van der Waals surface area contributed by atoms with Gasteiger partial charge in [-0.1, -0.05) is 43.2 Å². The van der Waals surface area contributed by atoms with Gasteiger partial charge in [-0.15, -0.1) is 0 Å². The molecule has 0 amide bonds. The Morgan fingerprint density at radius 2 is 1.55 bits per heavy atom. The van der Waals surface area contributed by atoms with Gasteiger partial charge in [0.15, 0.2) is 5.11 Å². The predicted molar refractivity (Wildman–Crippen MR) is 130 cm³/mol. The van der Waals surface area contributed by atoms with E-state index in [-0.39, 0.29) is 6.04 Å². The second-order valence-electron chi connectivity index (χ2n) is 8.14. The van der Waals surface area contributed by atoms with Gasteiger partial charge in [-0.3, -0.25) is 0 Å². The highest BCUT2D eigenvalue weighted by atomic mass is 32.1. The minimum atomic E-state index is 0.0914.